The maximum absolute atomic E-state index is 12.4. The van der Waals surface area contributed by atoms with Gasteiger partial charge in [0.15, 0.2) is 12.4 Å². The standard InChI is InChI=1S/C22H23N3O6S/c1-15(24-21(26)17-9-11-18(12-10-17)32(28,29)25(2)3)22(27)30-14-20-23-13-19(31-20)16-7-5-4-6-8-16/h4-13,15H,14H2,1-3H3,(H,24,26). The van der Waals surface area contributed by atoms with Crippen LogP contribution in [0.15, 0.2) is 70.1 Å². The molecule has 0 aliphatic heterocycles. The quantitative estimate of drug-likeness (QED) is 0.516. The van der Waals surface area contributed by atoms with Gasteiger partial charge in [-0.1, -0.05) is 30.3 Å². The van der Waals surface area contributed by atoms with E-state index in [1.54, 1.807) is 6.20 Å². The molecule has 3 aromatic rings. The number of hydrogen-bond acceptors (Lipinski definition) is 7. The van der Waals surface area contributed by atoms with Crippen LogP contribution in [0, 0.1) is 0 Å². The molecule has 1 amide bonds. The van der Waals surface area contributed by atoms with Crippen molar-refractivity contribution in [3.63, 3.8) is 0 Å². The van der Waals surface area contributed by atoms with Crippen molar-refractivity contribution in [2.24, 2.45) is 0 Å². The van der Waals surface area contributed by atoms with Crippen molar-refractivity contribution in [1.29, 1.82) is 0 Å². The third-order valence-corrected chi connectivity index (χ3v) is 6.38. The van der Waals surface area contributed by atoms with Crippen LogP contribution >= 0.6 is 0 Å². The Kier molecular flexibility index (Phi) is 7.06. The zero-order chi connectivity index (χ0) is 23.3. The molecule has 2 aromatic carbocycles. The highest BCUT2D eigenvalue weighted by Crippen LogP contribution is 2.20. The van der Waals surface area contributed by atoms with Gasteiger partial charge in [0, 0.05) is 25.2 Å². The van der Waals surface area contributed by atoms with Crippen LogP contribution in [0.2, 0.25) is 0 Å². The Labute approximate surface area is 186 Å². The second-order valence-corrected chi connectivity index (χ2v) is 9.25. The van der Waals surface area contributed by atoms with Gasteiger partial charge in [0.1, 0.15) is 6.04 Å². The molecule has 10 heteroatoms. The van der Waals surface area contributed by atoms with E-state index in [4.69, 9.17) is 9.15 Å². The largest absolute Gasteiger partial charge is 0.454 e. The van der Waals surface area contributed by atoms with E-state index in [-0.39, 0.29) is 23.0 Å². The first kappa shape index (κ1) is 23.2. The third-order valence-electron chi connectivity index (χ3n) is 4.55. The Morgan fingerprint density at radius 1 is 1.09 bits per heavy atom. The Hall–Kier alpha value is -3.50. The number of nitrogens with one attached hydrogen (secondary N) is 1. The SMILES string of the molecule is CC(NC(=O)c1ccc(S(=O)(=O)N(C)C)cc1)C(=O)OCc1ncc(-c2ccccc2)o1. The molecule has 32 heavy (non-hydrogen) atoms. The predicted octanol–water partition coefficient (Wildman–Crippen LogP) is 2.45. The number of esters is 1. The average Bonchev–Trinajstić information content (AvgIpc) is 3.27. The molecule has 1 aromatic heterocycles. The van der Waals surface area contributed by atoms with Crippen LogP contribution in [0.5, 0.6) is 0 Å². The molecule has 1 unspecified atom stereocenters. The van der Waals surface area contributed by atoms with Crippen LogP contribution in [-0.2, 0) is 26.2 Å². The minimum atomic E-state index is -3.59. The molecule has 0 aliphatic rings. The number of ether oxygens (including phenoxy) is 1. The molecular weight excluding hydrogens is 434 g/mol. The zero-order valence-electron chi connectivity index (χ0n) is 17.8. The second kappa shape index (κ2) is 9.75. The van der Waals surface area contributed by atoms with Gasteiger partial charge in [-0.15, -0.1) is 0 Å². The molecule has 0 aliphatic carbocycles. The monoisotopic (exact) mass is 457 g/mol. The smallest absolute Gasteiger partial charge is 0.328 e. The number of rotatable bonds is 8. The summed E-state index contributed by atoms with van der Waals surface area (Å²) >= 11 is 0. The van der Waals surface area contributed by atoms with E-state index in [1.807, 2.05) is 30.3 Å². The van der Waals surface area contributed by atoms with E-state index in [9.17, 15) is 18.0 Å². The van der Waals surface area contributed by atoms with Gasteiger partial charge in [-0.25, -0.2) is 22.5 Å². The number of sulfonamides is 1. The molecule has 168 valence electrons. The van der Waals surface area contributed by atoms with Crippen LogP contribution in [0.1, 0.15) is 23.2 Å². The highest BCUT2D eigenvalue weighted by molar-refractivity contribution is 7.89. The van der Waals surface area contributed by atoms with Crippen LogP contribution in [0.25, 0.3) is 11.3 Å². The lowest BCUT2D eigenvalue weighted by atomic mass is 10.2. The van der Waals surface area contributed by atoms with Gasteiger partial charge in [-0.05, 0) is 31.2 Å². The summed E-state index contributed by atoms with van der Waals surface area (Å²) in [6, 6.07) is 13.9. The Morgan fingerprint density at radius 2 is 1.75 bits per heavy atom. The van der Waals surface area contributed by atoms with Crippen LogP contribution in [-0.4, -0.2) is 49.7 Å². The lowest BCUT2D eigenvalue weighted by molar-refractivity contribution is -0.147. The summed E-state index contributed by atoms with van der Waals surface area (Å²) in [6.45, 7) is 1.30. The highest BCUT2D eigenvalue weighted by Gasteiger charge is 2.21. The summed E-state index contributed by atoms with van der Waals surface area (Å²) in [5.41, 5.74) is 1.06. The van der Waals surface area contributed by atoms with Gasteiger partial charge >= 0.3 is 5.97 Å². The first-order valence-electron chi connectivity index (χ1n) is 9.68. The first-order chi connectivity index (χ1) is 15.2. The summed E-state index contributed by atoms with van der Waals surface area (Å²) in [5.74, 6) is -0.415. The number of benzene rings is 2. The van der Waals surface area contributed by atoms with Gasteiger partial charge in [0.05, 0.1) is 11.1 Å². The minimum absolute atomic E-state index is 0.0623. The fraction of sp³-hybridized carbons (Fsp3) is 0.227. The number of nitrogens with zero attached hydrogens (tertiary/aromatic N) is 2. The topological polar surface area (TPSA) is 119 Å². The number of aromatic nitrogens is 1. The number of oxazole rings is 1. The fourth-order valence-corrected chi connectivity index (χ4v) is 3.60. The third kappa shape index (κ3) is 5.40. The fourth-order valence-electron chi connectivity index (χ4n) is 2.70. The number of carbonyl (C=O) groups excluding carboxylic acids is 2. The Balaban J connectivity index is 1.54. The second-order valence-electron chi connectivity index (χ2n) is 7.10. The number of hydrogen-bond donors (Lipinski definition) is 1. The maximum Gasteiger partial charge on any atom is 0.328 e. The van der Waals surface area contributed by atoms with Crippen molar-refractivity contribution in [1.82, 2.24) is 14.6 Å². The van der Waals surface area contributed by atoms with Gasteiger partial charge in [-0.2, -0.15) is 0 Å². The summed E-state index contributed by atoms with van der Waals surface area (Å²) < 4.78 is 36.0. The van der Waals surface area contributed by atoms with Crippen molar-refractivity contribution < 1.29 is 27.2 Å². The minimum Gasteiger partial charge on any atom is -0.454 e. The summed E-state index contributed by atoms with van der Waals surface area (Å²) in [4.78, 5) is 28.8. The van der Waals surface area contributed by atoms with E-state index in [2.05, 4.69) is 10.3 Å². The molecule has 1 atom stereocenters. The van der Waals surface area contributed by atoms with E-state index < -0.39 is 27.9 Å². The Morgan fingerprint density at radius 3 is 2.38 bits per heavy atom. The van der Waals surface area contributed by atoms with Crippen molar-refractivity contribution in [3.8, 4) is 11.3 Å². The normalized spacial score (nSPS) is 12.4. The van der Waals surface area contributed by atoms with Gasteiger partial charge < -0.3 is 14.5 Å². The molecule has 0 radical (unpaired) electrons. The molecule has 0 bridgehead atoms. The van der Waals surface area contributed by atoms with E-state index in [0.717, 1.165) is 9.87 Å². The van der Waals surface area contributed by atoms with E-state index in [1.165, 1.54) is 45.3 Å². The van der Waals surface area contributed by atoms with E-state index in [0.29, 0.717) is 5.76 Å². The number of amides is 1. The summed E-state index contributed by atoms with van der Waals surface area (Å²) in [5, 5.41) is 2.52. The first-order valence-corrected chi connectivity index (χ1v) is 11.1. The predicted molar refractivity (Wildman–Crippen MR) is 116 cm³/mol. The summed E-state index contributed by atoms with van der Waals surface area (Å²) in [6.07, 6.45) is 1.55. The maximum atomic E-state index is 12.4. The highest BCUT2D eigenvalue weighted by atomic mass is 32.2. The van der Waals surface area contributed by atoms with E-state index >= 15 is 0 Å². The van der Waals surface area contributed by atoms with Gasteiger partial charge in [0.25, 0.3) is 5.91 Å². The average molecular weight is 458 g/mol. The zero-order valence-corrected chi connectivity index (χ0v) is 18.6. The lowest BCUT2D eigenvalue weighted by Gasteiger charge is -2.14. The molecule has 9 nitrogen and oxygen atoms in total. The van der Waals surface area contributed by atoms with Crippen molar-refractivity contribution >= 4 is 21.9 Å². The lowest BCUT2D eigenvalue weighted by Crippen LogP contribution is -2.39. The molecule has 1 N–H and O–H groups in total. The molecule has 1 heterocycles. The van der Waals surface area contributed by atoms with Gasteiger partial charge in [0.2, 0.25) is 15.9 Å². The molecule has 0 saturated heterocycles. The van der Waals surface area contributed by atoms with Gasteiger partial charge in [-0.3, -0.25) is 4.79 Å². The molecule has 0 saturated carbocycles. The molecule has 0 fully saturated rings. The molecule has 0 spiro atoms. The molecular formula is C22H23N3O6S. The van der Waals surface area contributed by atoms with Crippen LogP contribution in [0.4, 0.5) is 0 Å². The van der Waals surface area contributed by atoms with Crippen molar-refractivity contribution in [2.75, 3.05) is 14.1 Å². The van der Waals surface area contributed by atoms with Crippen LogP contribution in [0.3, 0.4) is 0 Å². The van der Waals surface area contributed by atoms with Crippen molar-refractivity contribution in [3.05, 3.63) is 72.2 Å². The number of carbonyl (C=O) groups is 2. The summed E-state index contributed by atoms with van der Waals surface area (Å²) in [7, 11) is -0.752. The Bertz CT molecular complexity index is 1190. The van der Waals surface area contributed by atoms with Crippen molar-refractivity contribution in [2.45, 2.75) is 24.5 Å². The van der Waals surface area contributed by atoms with Crippen LogP contribution < -0.4 is 5.32 Å². The molecule has 3 rings (SSSR count).